The number of benzene rings is 1. The molecule has 2 rings (SSSR count). The van der Waals surface area contributed by atoms with Crippen molar-refractivity contribution in [2.75, 3.05) is 13.6 Å². The molecule has 6 heteroatoms. The maximum Gasteiger partial charge on any atom is 0.308 e. The number of carbonyl (C=O) groups excluding carboxylic acids is 1. The van der Waals surface area contributed by atoms with Gasteiger partial charge in [-0.3, -0.25) is 9.59 Å². The van der Waals surface area contributed by atoms with Crippen molar-refractivity contribution < 1.29 is 23.8 Å². The smallest absolute Gasteiger partial charge is 0.308 e. The maximum absolute atomic E-state index is 13.5. The number of amides is 1. The van der Waals surface area contributed by atoms with Gasteiger partial charge in [0.1, 0.15) is 0 Å². The average molecular weight is 281 g/mol. The highest BCUT2D eigenvalue weighted by Gasteiger charge is 2.33. The molecule has 0 spiro atoms. The Morgan fingerprint density at radius 1 is 1.55 bits per heavy atom. The van der Waals surface area contributed by atoms with E-state index < -0.39 is 23.8 Å². The normalized spacial score (nSPS) is 18.1. The Hall–Kier alpha value is -2.11. The molecular formula is C14H16FNO4. The van der Waals surface area contributed by atoms with Gasteiger partial charge < -0.3 is 14.7 Å². The minimum Gasteiger partial charge on any atom is -0.481 e. The molecule has 0 aromatic heterocycles. The SMILES string of the molecule is C[C@H](CN(C)C(=O)[C@@H]1Cc2cccc(F)c2O1)C(=O)O. The molecule has 1 heterocycles. The van der Waals surface area contributed by atoms with Crippen LogP contribution in [0, 0.1) is 11.7 Å². The van der Waals surface area contributed by atoms with Crippen molar-refractivity contribution in [1.29, 1.82) is 0 Å². The van der Waals surface area contributed by atoms with E-state index in [9.17, 15) is 14.0 Å². The Kier molecular flexibility index (Phi) is 3.92. The lowest BCUT2D eigenvalue weighted by Gasteiger charge is -2.22. The van der Waals surface area contributed by atoms with Gasteiger partial charge in [0.25, 0.3) is 5.91 Å². The second-order valence-electron chi connectivity index (χ2n) is 5.00. The van der Waals surface area contributed by atoms with Crippen molar-refractivity contribution >= 4 is 11.9 Å². The number of hydrogen-bond donors (Lipinski definition) is 1. The first-order chi connectivity index (χ1) is 9.40. The zero-order valence-corrected chi connectivity index (χ0v) is 11.3. The first kappa shape index (κ1) is 14.3. The van der Waals surface area contributed by atoms with Crippen LogP contribution in [0.25, 0.3) is 0 Å². The van der Waals surface area contributed by atoms with Crippen LogP contribution in [0.3, 0.4) is 0 Å². The quantitative estimate of drug-likeness (QED) is 0.903. The van der Waals surface area contributed by atoms with E-state index in [2.05, 4.69) is 0 Å². The van der Waals surface area contributed by atoms with Crippen molar-refractivity contribution in [2.24, 2.45) is 5.92 Å². The third kappa shape index (κ3) is 2.74. The van der Waals surface area contributed by atoms with Gasteiger partial charge in [-0.25, -0.2) is 4.39 Å². The summed E-state index contributed by atoms with van der Waals surface area (Å²) in [6.45, 7) is 1.61. The molecule has 1 amide bonds. The zero-order valence-electron chi connectivity index (χ0n) is 11.3. The molecule has 0 saturated heterocycles. The Bertz CT molecular complexity index is 546. The molecule has 0 bridgehead atoms. The van der Waals surface area contributed by atoms with Gasteiger partial charge in [0.05, 0.1) is 5.92 Å². The van der Waals surface area contributed by atoms with Gasteiger partial charge in [-0.15, -0.1) is 0 Å². The van der Waals surface area contributed by atoms with Gasteiger partial charge in [-0.1, -0.05) is 19.1 Å². The molecule has 0 unspecified atom stereocenters. The number of carboxylic acid groups (broad SMARTS) is 1. The lowest BCUT2D eigenvalue weighted by Crippen LogP contribution is -2.42. The van der Waals surface area contributed by atoms with Crippen LogP contribution in [0.5, 0.6) is 5.75 Å². The largest absolute Gasteiger partial charge is 0.481 e. The average Bonchev–Trinajstić information content (AvgIpc) is 2.83. The van der Waals surface area contributed by atoms with E-state index in [0.29, 0.717) is 12.0 Å². The topological polar surface area (TPSA) is 66.8 Å². The highest BCUT2D eigenvalue weighted by Crippen LogP contribution is 2.31. The fourth-order valence-electron chi connectivity index (χ4n) is 2.19. The van der Waals surface area contributed by atoms with Crippen molar-refractivity contribution in [3.63, 3.8) is 0 Å². The monoisotopic (exact) mass is 281 g/mol. The Morgan fingerprint density at radius 3 is 2.85 bits per heavy atom. The van der Waals surface area contributed by atoms with Crippen LogP contribution < -0.4 is 4.74 Å². The van der Waals surface area contributed by atoms with Gasteiger partial charge in [-0.05, 0) is 6.07 Å². The van der Waals surface area contributed by atoms with Crippen molar-refractivity contribution in [2.45, 2.75) is 19.4 Å². The lowest BCUT2D eigenvalue weighted by molar-refractivity contribution is -0.144. The van der Waals surface area contributed by atoms with Crippen molar-refractivity contribution in [1.82, 2.24) is 4.90 Å². The number of para-hydroxylation sites is 1. The summed E-state index contributed by atoms with van der Waals surface area (Å²) in [5, 5.41) is 8.84. The number of hydrogen-bond acceptors (Lipinski definition) is 3. The van der Waals surface area contributed by atoms with Crippen LogP contribution >= 0.6 is 0 Å². The number of carbonyl (C=O) groups is 2. The summed E-state index contributed by atoms with van der Waals surface area (Å²) in [5.74, 6) is -2.34. The first-order valence-corrected chi connectivity index (χ1v) is 6.32. The fourth-order valence-corrected chi connectivity index (χ4v) is 2.19. The second kappa shape index (κ2) is 5.48. The van der Waals surface area contributed by atoms with Crippen LogP contribution in [0.2, 0.25) is 0 Å². The van der Waals surface area contributed by atoms with E-state index in [0.717, 1.165) is 0 Å². The van der Waals surface area contributed by atoms with Crippen LogP contribution in [0.1, 0.15) is 12.5 Å². The van der Waals surface area contributed by atoms with Gasteiger partial charge >= 0.3 is 5.97 Å². The highest BCUT2D eigenvalue weighted by atomic mass is 19.1. The Labute approximate surface area is 116 Å². The number of carboxylic acids is 1. The third-order valence-corrected chi connectivity index (χ3v) is 3.33. The third-order valence-electron chi connectivity index (χ3n) is 3.33. The van der Waals surface area contributed by atoms with Gasteiger partial charge in [-0.2, -0.15) is 0 Å². The van der Waals surface area contributed by atoms with E-state index in [4.69, 9.17) is 9.84 Å². The number of halogens is 1. The molecule has 0 fully saturated rings. The van der Waals surface area contributed by atoms with Crippen molar-refractivity contribution in [3.8, 4) is 5.75 Å². The molecule has 1 aliphatic heterocycles. The van der Waals surface area contributed by atoms with E-state index >= 15 is 0 Å². The molecule has 0 radical (unpaired) electrons. The number of likely N-dealkylation sites (N-methyl/N-ethyl adjacent to an activating group) is 1. The predicted molar refractivity (Wildman–Crippen MR) is 69.0 cm³/mol. The van der Waals surface area contributed by atoms with E-state index in [1.165, 1.54) is 24.9 Å². The molecule has 20 heavy (non-hydrogen) atoms. The molecule has 2 atom stereocenters. The number of fused-ring (bicyclic) bond motifs is 1. The summed E-state index contributed by atoms with van der Waals surface area (Å²) in [5.41, 5.74) is 0.656. The first-order valence-electron chi connectivity index (χ1n) is 6.32. The molecular weight excluding hydrogens is 265 g/mol. The number of aliphatic carboxylic acids is 1. The fraction of sp³-hybridized carbons (Fsp3) is 0.429. The predicted octanol–water partition coefficient (Wildman–Crippen LogP) is 1.31. The lowest BCUT2D eigenvalue weighted by atomic mass is 10.1. The minimum atomic E-state index is -0.966. The van der Waals surface area contributed by atoms with Crippen LogP contribution in [-0.4, -0.2) is 41.6 Å². The Balaban J connectivity index is 2.02. The minimum absolute atomic E-state index is 0.0901. The molecule has 1 aliphatic rings. The number of ether oxygens (including phenoxy) is 1. The maximum atomic E-state index is 13.5. The van der Waals surface area contributed by atoms with Gasteiger partial charge in [0.15, 0.2) is 17.7 Å². The van der Waals surface area contributed by atoms with Crippen LogP contribution in [0.15, 0.2) is 18.2 Å². The van der Waals surface area contributed by atoms with E-state index in [-0.39, 0.29) is 18.2 Å². The zero-order chi connectivity index (χ0) is 14.9. The summed E-state index contributed by atoms with van der Waals surface area (Å²) in [6.07, 6.45) is -0.481. The summed E-state index contributed by atoms with van der Waals surface area (Å²) < 4.78 is 18.9. The van der Waals surface area contributed by atoms with Crippen LogP contribution in [-0.2, 0) is 16.0 Å². The van der Waals surface area contributed by atoms with Crippen molar-refractivity contribution in [3.05, 3.63) is 29.6 Å². The molecule has 0 aliphatic carbocycles. The summed E-state index contributed by atoms with van der Waals surface area (Å²) in [6, 6.07) is 4.56. The number of nitrogens with zero attached hydrogens (tertiary/aromatic N) is 1. The molecule has 108 valence electrons. The summed E-state index contributed by atoms with van der Waals surface area (Å²) >= 11 is 0. The summed E-state index contributed by atoms with van der Waals surface area (Å²) in [7, 11) is 1.52. The van der Waals surface area contributed by atoms with E-state index in [1.54, 1.807) is 12.1 Å². The standard InChI is InChI=1S/C14H16FNO4/c1-8(14(18)19)7-16(2)13(17)11-6-9-4-3-5-10(15)12(9)20-11/h3-5,8,11H,6-7H2,1-2H3,(H,18,19)/t8-,11+/m1/s1. The van der Waals surface area contributed by atoms with Gasteiger partial charge in [0.2, 0.25) is 0 Å². The molecule has 1 aromatic carbocycles. The Morgan fingerprint density at radius 2 is 2.25 bits per heavy atom. The second-order valence-corrected chi connectivity index (χ2v) is 5.00. The van der Waals surface area contributed by atoms with E-state index in [1.807, 2.05) is 0 Å². The highest BCUT2D eigenvalue weighted by molar-refractivity contribution is 5.83. The van der Waals surface area contributed by atoms with Crippen LogP contribution in [0.4, 0.5) is 4.39 Å². The molecule has 1 N–H and O–H groups in total. The van der Waals surface area contributed by atoms with Gasteiger partial charge in [0, 0.05) is 25.6 Å². The molecule has 5 nitrogen and oxygen atoms in total. The summed E-state index contributed by atoms with van der Waals surface area (Å²) in [4.78, 5) is 24.3. The number of rotatable bonds is 4. The molecule has 1 aromatic rings. The molecule has 0 saturated carbocycles.